The molecular weight excluding hydrogens is 346 g/mol. The molecule has 0 saturated heterocycles. The molecule has 3 aromatic rings. The first kappa shape index (κ1) is 14.7. The van der Waals surface area contributed by atoms with Crippen molar-refractivity contribution in [2.45, 2.75) is 6.92 Å². The Morgan fingerprint density at radius 3 is 2.73 bits per heavy atom. The first-order chi connectivity index (χ1) is 10.6. The molecule has 0 aliphatic heterocycles. The number of methoxy groups -OCH3 is 1. The summed E-state index contributed by atoms with van der Waals surface area (Å²) in [5.41, 5.74) is 2.46. The van der Waals surface area contributed by atoms with Crippen molar-refractivity contribution in [3.63, 3.8) is 0 Å². The van der Waals surface area contributed by atoms with Gasteiger partial charge in [-0.15, -0.1) is 0 Å². The Kier molecular flexibility index (Phi) is 3.90. The number of hydrogen-bond acceptors (Lipinski definition) is 3. The van der Waals surface area contributed by atoms with Crippen LogP contribution in [0, 0.1) is 6.92 Å². The Labute approximate surface area is 136 Å². The molecule has 0 spiro atoms. The van der Waals surface area contributed by atoms with E-state index in [0.29, 0.717) is 11.3 Å². The summed E-state index contributed by atoms with van der Waals surface area (Å²) in [6, 6.07) is 12.8. The van der Waals surface area contributed by atoms with Crippen molar-refractivity contribution >= 4 is 38.5 Å². The van der Waals surface area contributed by atoms with Crippen molar-refractivity contribution in [1.82, 2.24) is 0 Å². The summed E-state index contributed by atoms with van der Waals surface area (Å²) in [5, 5.41) is 3.66. The Balaban J connectivity index is 1.88. The Bertz CT molecular complexity index is 854. The van der Waals surface area contributed by atoms with E-state index in [1.165, 1.54) is 0 Å². The van der Waals surface area contributed by atoms with Gasteiger partial charge < -0.3 is 14.5 Å². The molecule has 2 aromatic carbocycles. The zero-order valence-corrected chi connectivity index (χ0v) is 13.7. The quantitative estimate of drug-likeness (QED) is 0.732. The smallest absolute Gasteiger partial charge is 0.291 e. The highest BCUT2D eigenvalue weighted by Crippen LogP contribution is 2.27. The van der Waals surface area contributed by atoms with Crippen LogP contribution in [-0.2, 0) is 0 Å². The van der Waals surface area contributed by atoms with Crippen molar-refractivity contribution in [3.8, 4) is 5.75 Å². The highest BCUT2D eigenvalue weighted by Gasteiger charge is 2.14. The summed E-state index contributed by atoms with van der Waals surface area (Å²) in [4.78, 5) is 12.3. The molecule has 0 unspecified atom stereocenters. The van der Waals surface area contributed by atoms with Crippen molar-refractivity contribution in [1.29, 1.82) is 0 Å². The van der Waals surface area contributed by atoms with Gasteiger partial charge in [0.25, 0.3) is 5.91 Å². The molecule has 0 aliphatic rings. The maximum Gasteiger partial charge on any atom is 0.291 e. The van der Waals surface area contributed by atoms with Gasteiger partial charge in [-0.1, -0.05) is 6.07 Å². The summed E-state index contributed by atoms with van der Waals surface area (Å²) in [6.45, 7) is 1.99. The lowest BCUT2D eigenvalue weighted by Gasteiger charge is -2.06. The van der Waals surface area contributed by atoms with Gasteiger partial charge in [0.05, 0.1) is 12.8 Å². The number of ether oxygens (including phenoxy) is 1. The fraction of sp³-hybridized carbons (Fsp3) is 0.118. The summed E-state index contributed by atoms with van der Waals surface area (Å²) in [7, 11) is 1.60. The van der Waals surface area contributed by atoms with E-state index in [-0.39, 0.29) is 11.7 Å². The fourth-order valence-corrected chi connectivity index (χ4v) is 2.76. The molecule has 5 heteroatoms. The molecule has 0 radical (unpaired) electrons. The van der Waals surface area contributed by atoms with Crippen LogP contribution in [0.15, 0.2) is 51.4 Å². The van der Waals surface area contributed by atoms with E-state index in [0.717, 1.165) is 21.2 Å². The number of benzene rings is 2. The van der Waals surface area contributed by atoms with E-state index in [1.807, 2.05) is 31.2 Å². The fourth-order valence-electron chi connectivity index (χ4n) is 2.17. The third kappa shape index (κ3) is 2.85. The van der Waals surface area contributed by atoms with Crippen LogP contribution in [0.25, 0.3) is 11.0 Å². The van der Waals surface area contributed by atoms with Crippen molar-refractivity contribution in [2.24, 2.45) is 0 Å². The number of fused-ring (bicyclic) bond motifs is 1. The molecule has 3 rings (SSSR count). The number of carbonyl (C=O) groups excluding carboxylic acids is 1. The topological polar surface area (TPSA) is 51.5 Å². The van der Waals surface area contributed by atoms with Gasteiger partial charge in [0.2, 0.25) is 0 Å². The van der Waals surface area contributed by atoms with Crippen LogP contribution in [0.3, 0.4) is 0 Å². The number of anilines is 1. The second kappa shape index (κ2) is 5.85. The van der Waals surface area contributed by atoms with E-state index in [4.69, 9.17) is 9.15 Å². The average molecular weight is 360 g/mol. The maximum absolute atomic E-state index is 12.3. The molecule has 4 nitrogen and oxygen atoms in total. The van der Waals surface area contributed by atoms with E-state index < -0.39 is 0 Å². The van der Waals surface area contributed by atoms with Crippen molar-refractivity contribution < 1.29 is 13.9 Å². The second-order valence-electron chi connectivity index (χ2n) is 4.95. The van der Waals surface area contributed by atoms with Gasteiger partial charge in [-0.2, -0.15) is 0 Å². The molecule has 22 heavy (non-hydrogen) atoms. The highest BCUT2D eigenvalue weighted by molar-refractivity contribution is 9.10. The van der Waals surface area contributed by atoms with Gasteiger partial charge in [-0.05, 0) is 64.8 Å². The van der Waals surface area contributed by atoms with Crippen LogP contribution in [0.4, 0.5) is 5.69 Å². The number of furan rings is 1. The summed E-state index contributed by atoms with van der Waals surface area (Å²) in [6.07, 6.45) is 0. The predicted molar refractivity (Wildman–Crippen MR) is 89.6 cm³/mol. The van der Waals surface area contributed by atoms with E-state index >= 15 is 0 Å². The molecule has 1 N–H and O–H groups in total. The molecule has 1 heterocycles. The molecule has 1 amide bonds. The minimum atomic E-state index is -0.292. The van der Waals surface area contributed by atoms with Gasteiger partial charge in [-0.25, -0.2) is 0 Å². The molecule has 0 saturated carbocycles. The number of aryl methyl sites for hydroxylation is 1. The standard InChI is InChI=1S/C17H14BrNO3/c1-10-3-5-14(13(18)7-10)19-17(20)16-9-11-8-12(21-2)4-6-15(11)22-16/h3-9H,1-2H3,(H,19,20). The van der Waals surface area contributed by atoms with Crippen molar-refractivity contribution in [3.05, 3.63) is 58.3 Å². The molecule has 0 fully saturated rings. The number of rotatable bonds is 3. The van der Waals surface area contributed by atoms with Crippen LogP contribution in [0.5, 0.6) is 5.75 Å². The van der Waals surface area contributed by atoms with Crippen LogP contribution in [0.1, 0.15) is 16.1 Å². The predicted octanol–water partition coefficient (Wildman–Crippen LogP) is 4.76. The molecule has 0 bridgehead atoms. The van der Waals surface area contributed by atoms with Crippen LogP contribution >= 0.6 is 15.9 Å². The zero-order chi connectivity index (χ0) is 15.7. The molecule has 0 atom stereocenters. The number of halogens is 1. The molecule has 0 aliphatic carbocycles. The third-order valence-corrected chi connectivity index (χ3v) is 3.98. The second-order valence-corrected chi connectivity index (χ2v) is 5.81. The van der Waals surface area contributed by atoms with Gasteiger partial charge >= 0.3 is 0 Å². The van der Waals surface area contributed by atoms with Crippen LogP contribution < -0.4 is 10.1 Å². The van der Waals surface area contributed by atoms with Gasteiger partial charge in [0.15, 0.2) is 5.76 Å². The lowest BCUT2D eigenvalue weighted by Crippen LogP contribution is -2.11. The van der Waals surface area contributed by atoms with E-state index in [2.05, 4.69) is 21.2 Å². The normalized spacial score (nSPS) is 10.7. The summed E-state index contributed by atoms with van der Waals surface area (Å²) < 4.78 is 11.6. The van der Waals surface area contributed by atoms with E-state index in [9.17, 15) is 4.79 Å². The lowest BCUT2D eigenvalue weighted by molar-refractivity contribution is 0.0998. The number of carbonyl (C=O) groups is 1. The van der Waals surface area contributed by atoms with Gasteiger partial charge in [0.1, 0.15) is 11.3 Å². The lowest BCUT2D eigenvalue weighted by atomic mass is 10.2. The Morgan fingerprint density at radius 1 is 1.18 bits per heavy atom. The summed E-state index contributed by atoms with van der Waals surface area (Å²) >= 11 is 3.44. The van der Waals surface area contributed by atoms with Gasteiger partial charge in [0, 0.05) is 9.86 Å². The minimum Gasteiger partial charge on any atom is -0.497 e. The number of amides is 1. The molecular formula is C17H14BrNO3. The average Bonchev–Trinajstić information content (AvgIpc) is 2.93. The largest absolute Gasteiger partial charge is 0.497 e. The molecule has 1 aromatic heterocycles. The minimum absolute atomic E-state index is 0.260. The first-order valence-corrected chi connectivity index (χ1v) is 7.51. The van der Waals surface area contributed by atoms with Gasteiger partial charge in [-0.3, -0.25) is 4.79 Å². The SMILES string of the molecule is COc1ccc2oc(C(=O)Nc3ccc(C)cc3Br)cc2c1. The monoisotopic (exact) mass is 359 g/mol. The summed E-state index contributed by atoms with van der Waals surface area (Å²) in [5.74, 6) is 0.692. The maximum atomic E-state index is 12.3. The van der Waals surface area contributed by atoms with Crippen molar-refractivity contribution in [2.75, 3.05) is 12.4 Å². The van der Waals surface area contributed by atoms with Crippen LogP contribution in [-0.4, -0.2) is 13.0 Å². The van der Waals surface area contributed by atoms with E-state index in [1.54, 1.807) is 25.3 Å². The zero-order valence-electron chi connectivity index (χ0n) is 12.1. The number of nitrogens with one attached hydrogen (secondary N) is 1. The first-order valence-electron chi connectivity index (χ1n) is 6.72. The highest BCUT2D eigenvalue weighted by atomic mass is 79.9. The van der Waals surface area contributed by atoms with Crippen LogP contribution in [0.2, 0.25) is 0 Å². The third-order valence-electron chi connectivity index (χ3n) is 3.32. The Morgan fingerprint density at radius 2 is 2.00 bits per heavy atom. The Hall–Kier alpha value is -2.27. The molecule has 112 valence electrons. The number of hydrogen-bond donors (Lipinski definition) is 1.